The maximum Gasteiger partial charge on any atom is 0.410 e. The molecule has 2 heterocycles. The van der Waals surface area contributed by atoms with Gasteiger partial charge in [-0.05, 0) is 38.8 Å². The van der Waals surface area contributed by atoms with E-state index < -0.39 is 5.60 Å². The number of aromatic nitrogens is 1. The summed E-state index contributed by atoms with van der Waals surface area (Å²) in [6.45, 7) is 6.66. The number of carbonyl (C=O) groups is 1. The molecule has 114 valence electrons. The van der Waals surface area contributed by atoms with Gasteiger partial charge in [-0.3, -0.25) is 4.79 Å². The molecule has 0 bridgehead atoms. The van der Waals surface area contributed by atoms with Crippen molar-refractivity contribution in [2.24, 2.45) is 7.05 Å². The molecule has 0 atom stereocenters. The standard InChI is InChI=1S/C16H22N2O3/c1-16(2,3)21-15(20)18-10-6-7-12(11-18)13-8-5-9-14(19)17(13)4/h5,7-9H,6,10-11H2,1-4H3. The molecule has 1 aromatic heterocycles. The maximum atomic E-state index is 12.2. The largest absolute Gasteiger partial charge is 0.444 e. The van der Waals surface area contributed by atoms with E-state index in [-0.39, 0.29) is 11.7 Å². The summed E-state index contributed by atoms with van der Waals surface area (Å²) in [5, 5.41) is 0. The first-order chi connectivity index (χ1) is 9.78. The minimum atomic E-state index is -0.502. The van der Waals surface area contributed by atoms with Crippen molar-refractivity contribution in [3.8, 4) is 0 Å². The fourth-order valence-electron chi connectivity index (χ4n) is 2.30. The predicted molar refractivity (Wildman–Crippen MR) is 82.1 cm³/mol. The van der Waals surface area contributed by atoms with Gasteiger partial charge in [0.25, 0.3) is 5.56 Å². The van der Waals surface area contributed by atoms with Gasteiger partial charge >= 0.3 is 6.09 Å². The van der Waals surface area contributed by atoms with Gasteiger partial charge in [0, 0.05) is 25.4 Å². The highest BCUT2D eigenvalue weighted by Crippen LogP contribution is 2.21. The Morgan fingerprint density at radius 2 is 2.00 bits per heavy atom. The third kappa shape index (κ3) is 3.74. The minimum Gasteiger partial charge on any atom is -0.444 e. The highest BCUT2D eigenvalue weighted by molar-refractivity contribution is 5.74. The third-order valence-electron chi connectivity index (χ3n) is 3.32. The van der Waals surface area contributed by atoms with E-state index in [0.29, 0.717) is 13.1 Å². The number of hydrogen-bond donors (Lipinski definition) is 0. The highest BCUT2D eigenvalue weighted by Gasteiger charge is 2.25. The Bertz CT molecular complexity index is 623. The van der Waals surface area contributed by atoms with E-state index in [2.05, 4.69) is 6.08 Å². The Labute approximate surface area is 124 Å². The second-order valence-electron chi connectivity index (χ2n) is 6.23. The van der Waals surface area contributed by atoms with Crippen LogP contribution in [0.3, 0.4) is 0 Å². The first-order valence-electron chi connectivity index (χ1n) is 7.11. The van der Waals surface area contributed by atoms with Crippen molar-refractivity contribution < 1.29 is 9.53 Å². The molecule has 0 N–H and O–H groups in total. The number of nitrogens with zero attached hydrogens (tertiary/aromatic N) is 2. The third-order valence-corrected chi connectivity index (χ3v) is 3.32. The van der Waals surface area contributed by atoms with Crippen LogP contribution in [0.1, 0.15) is 32.9 Å². The molecule has 21 heavy (non-hydrogen) atoms. The number of hydrogen-bond acceptors (Lipinski definition) is 3. The molecule has 5 nitrogen and oxygen atoms in total. The average molecular weight is 290 g/mol. The summed E-state index contributed by atoms with van der Waals surface area (Å²) in [5.41, 5.74) is 1.27. The smallest absolute Gasteiger partial charge is 0.410 e. The SMILES string of the molecule is Cn1c(C2=CCCN(C(=O)OC(C)(C)C)C2)cccc1=O. The van der Waals surface area contributed by atoms with E-state index in [1.807, 2.05) is 26.8 Å². The summed E-state index contributed by atoms with van der Waals surface area (Å²) in [4.78, 5) is 25.5. The fourth-order valence-corrected chi connectivity index (χ4v) is 2.30. The van der Waals surface area contributed by atoms with Crippen molar-refractivity contribution in [2.45, 2.75) is 32.8 Å². The lowest BCUT2D eigenvalue weighted by Gasteiger charge is -2.30. The number of pyridine rings is 1. The Kier molecular flexibility index (Phi) is 4.21. The predicted octanol–water partition coefficient (Wildman–Crippen LogP) is 2.41. The summed E-state index contributed by atoms with van der Waals surface area (Å²) in [6, 6.07) is 5.16. The van der Waals surface area contributed by atoms with Gasteiger partial charge in [0.1, 0.15) is 5.60 Å². The summed E-state index contributed by atoms with van der Waals surface area (Å²) in [5.74, 6) is 0. The Balaban J connectivity index is 2.18. The van der Waals surface area contributed by atoms with Gasteiger partial charge in [-0.15, -0.1) is 0 Å². The molecular weight excluding hydrogens is 268 g/mol. The van der Waals surface area contributed by atoms with Crippen LogP contribution in [0.5, 0.6) is 0 Å². The van der Waals surface area contributed by atoms with Crippen LogP contribution in [-0.2, 0) is 11.8 Å². The molecule has 1 amide bonds. The van der Waals surface area contributed by atoms with Gasteiger partial charge in [-0.1, -0.05) is 12.1 Å². The molecule has 0 aromatic carbocycles. The van der Waals surface area contributed by atoms with Gasteiger partial charge in [-0.25, -0.2) is 4.79 Å². The second-order valence-corrected chi connectivity index (χ2v) is 6.23. The van der Waals surface area contributed by atoms with E-state index in [0.717, 1.165) is 17.7 Å². The summed E-state index contributed by atoms with van der Waals surface area (Å²) in [6.07, 6.45) is 2.53. The van der Waals surface area contributed by atoms with E-state index in [1.54, 1.807) is 22.6 Å². The lowest BCUT2D eigenvalue weighted by Crippen LogP contribution is -2.40. The van der Waals surface area contributed by atoms with Crippen LogP contribution in [0, 0.1) is 0 Å². The first-order valence-corrected chi connectivity index (χ1v) is 7.11. The van der Waals surface area contributed by atoms with Crippen molar-refractivity contribution in [3.05, 3.63) is 40.3 Å². The zero-order valence-electron chi connectivity index (χ0n) is 13.0. The Hall–Kier alpha value is -2.04. The average Bonchev–Trinajstić information content (AvgIpc) is 2.40. The molecule has 0 unspecified atom stereocenters. The molecule has 2 rings (SSSR count). The monoisotopic (exact) mass is 290 g/mol. The molecular formula is C16H22N2O3. The highest BCUT2D eigenvalue weighted by atomic mass is 16.6. The van der Waals surface area contributed by atoms with Gasteiger partial charge in [0.15, 0.2) is 0 Å². The zero-order valence-corrected chi connectivity index (χ0v) is 13.0. The first kappa shape index (κ1) is 15.4. The quantitative estimate of drug-likeness (QED) is 0.798. The molecule has 1 aliphatic rings. The van der Waals surface area contributed by atoms with Crippen LogP contribution >= 0.6 is 0 Å². The number of amides is 1. The van der Waals surface area contributed by atoms with E-state index in [9.17, 15) is 9.59 Å². The summed E-state index contributed by atoms with van der Waals surface area (Å²) >= 11 is 0. The molecule has 0 spiro atoms. The molecule has 1 aliphatic heterocycles. The van der Waals surface area contributed by atoms with Crippen molar-refractivity contribution in [1.29, 1.82) is 0 Å². The van der Waals surface area contributed by atoms with E-state index in [1.165, 1.54) is 6.07 Å². The molecule has 0 radical (unpaired) electrons. The number of rotatable bonds is 1. The zero-order chi connectivity index (χ0) is 15.6. The number of carbonyl (C=O) groups excluding carboxylic acids is 1. The molecule has 0 saturated carbocycles. The lowest BCUT2D eigenvalue weighted by molar-refractivity contribution is 0.0273. The normalized spacial score (nSPS) is 15.6. The van der Waals surface area contributed by atoms with Crippen molar-refractivity contribution in [2.75, 3.05) is 13.1 Å². The van der Waals surface area contributed by atoms with Crippen LogP contribution in [0.15, 0.2) is 29.1 Å². The summed E-state index contributed by atoms with van der Waals surface area (Å²) in [7, 11) is 1.74. The van der Waals surface area contributed by atoms with Crippen molar-refractivity contribution in [3.63, 3.8) is 0 Å². The van der Waals surface area contributed by atoms with Crippen molar-refractivity contribution in [1.82, 2.24) is 9.47 Å². The lowest BCUT2D eigenvalue weighted by atomic mass is 10.1. The van der Waals surface area contributed by atoms with Gasteiger partial charge in [0.05, 0.1) is 6.54 Å². The molecule has 0 fully saturated rings. The second kappa shape index (κ2) is 5.76. The van der Waals surface area contributed by atoms with Crippen LogP contribution in [0.25, 0.3) is 5.57 Å². The molecule has 1 aromatic rings. The van der Waals surface area contributed by atoms with E-state index in [4.69, 9.17) is 4.74 Å². The van der Waals surface area contributed by atoms with Gasteiger partial charge < -0.3 is 14.2 Å². The maximum absolute atomic E-state index is 12.2. The van der Waals surface area contributed by atoms with Crippen LogP contribution in [0.2, 0.25) is 0 Å². The van der Waals surface area contributed by atoms with Crippen molar-refractivity contribution >= 4 is 11.7 Å². The summed E-state index contributed by atoms with van der Waals surface area (Å²) < 4.78 is 7.01. The fraction of sp³-hybridized carbons (Fsp3) is 0.500. The molecule has 5 heteroatoms. The topological polar surface area (TPSA) is 51.5 Å². The Morgan fingerprint density at radius 3 is 2.67 bits per heavy atom. The van der Waals surface area contributed by atoms with Crippen LogP contribution < -0.4 is 5.56 Å². The van der Waals surface area contributed by atoms with Gasteiger partial charge in [0.2, 0.25) is 0 Å². The van der Waals surface area contributed by atoms with E-state index >= 15 is 0 Å². The Morgan fingerprint density at radius 1 is 1.29 bits per heavy atom. The van der Waals surface area contributed by atoms with Gasteiger partial charge in [-0.2, -0.15) is 0 Å². The number of ether oxygens (including phenoxy) is 1. The van der Waals surface area contributed by atoms with Crippen LogP contribution in [-0.4, -0.2) is 34.3 Å². The minimum absolute atomic E-state index is 0.0530. The molecule has 0 aliphatic carbocycles. The molecule has 0 saturated heterocycles. The van der Waals surface area contributed by atoms with Crippen LogP contribution in [0.4, 0.5) is 4.79 Å².